The van der Waals surface area contributed by atoms with Gasteiger partial charge in [-0.25, -0.2) is 0 Å². The predicted octanol–water partition coefficient (Wildman–Crippen LogP) is 1.83. The standard InChI is InChI=1S/C12H19N3O2/c1-3-15(2)12-13-11(17-14-12)8-10(16)9-6-4-5-7-9/h9H,3-8H2,1-2H3. The summed E-state index contributed by atoms with van der Waals surface area (Å²) in [5.74, 6) is 1.46. The molecule has 0 aromatic carbocycles. The van der Waals surface area contributed by atoms with Crippen LogP contribution >= 0.6 is 0 Å². The van der Waals surface area contributed by atoms with E-state index in [4.69, 9.17) is 4.52 Å². The van der Waals surface area contributed by atoms with Gasteiger partial charge >= 0.3 is 0 Å². The molecule has 0 N–H and O–H groups in total. The number of Topliss-reactive ketones (excluding diaryl/α,β-unsaturated/α-hetero) is 1. The van der Waals surface area contributed by atoms with Crippen molar-refractivity contribution in [1.29, 1.82) is 0 Å². The number of ketones is 1. The van der Waals surface area contributed by atoms with Gasteiger partial charge in [0.1, 0.15) is 5.78 Å². The number of aromatic nitrogens is 2. The normalized spacial score (nSPS) is 16.4. The predicted molar refractivity (Wildman–Crippen MR) is 63.9 cm³/mol. The third-order valence-electron chi connectivity index (χ3n) is 3.41. The van der Waals surface area contributed by atoms with Crippen molar-refractivity contribution in [2.24, 2.45) is 5.92 Å². The van der Waals surface area contributed by atoms with Crippen LogP contribution in [-0.2, 0) is 11.2 Å². The van der Waals surface area contributed by atoms with Gasteiger partial charge in [0.15, 0.2) is 0 Å². The first-order valence-electron chi connectivity index (χ1n) is 6.27. The van der Waals surface area contributed by atoms with Crippen LogP contribution < -0.4 is 4.90 Å². The van der Waals surface area contributed by atoms with Gasteiger partial charge in [0.05, 0.1) is 6.42 Å². The summed E-state index contributed by atoms with van der Waals surface area (Å²) in [6.45, 7) is 2.83. The minimum atomic E-state index is 0.217. The average molecular weight is 237 g/mol. The summed E-state index contributed by atoms with van der Waals surface area (Å²) in [5.41, 5.74) is 0. The molecule has 17 heavy (non-hydrogen) atoms. The summed E-state index contributed by atoms with van der Waals surface area (Å²) in [4.78, 5) is 18.0. The molecule has 0 unspecified atom stereocenters. The Balaban J connectivity index is 1.94. The number of carbonyl (C=O) groups excluding carboxylic acids is 1. The molecule has 0 spiro atoms. The highest BCUT2D eigenvalue weighted by Crippen LogP contribution is 2.26. The Hall–Kier alpha value is -1.39. The van der Waals surface area contributed by atoms with Crippen LogP contribution in [0.2, 0.25) is 0 Å². The maximum absolute atomic E-state index is 11.9. The number of rotatable bonds is 5. The summed E-state index contributed by atoms with van der Waals surface area (Å²) in [6.07, 6.45) is 4.67. The van der Waals surface area contributed by atoms with E-state index in [1.165, 1.54) is 12.8 Å². The van der Waals surface area contributed by atoms with Gasteiger partial charge in [-0.3, -0.25) is 4.79 Å². The van der Waals surface area contributed by atoms with Crippen molar-refractivity contribution in [3.05, 3.63) is 5.89 Å². The Labute approximate surface area is 101 Å². The molecular weight excluding hydrogens is 218 g/mol. The molecule has 0 aliphatic heterocycles. The van der Waals surface area contributed by atoms with Gasteiger partial charge in [0.2, 0.25) is 5.89 Å². The fraction of sp³-hybridized carbons (Fsp3) is 0.750. The van der Waals surface area contributed by atoms with Crippen LogP contribution in [0.15, 0.2) is 4.52 Å². The van der Waals surface area contributed by atoms with Gasteiger partial charge in [-0.2, -0.15) is 4.98 Å². The first kappa shape index (κ1) is 12.1. The van der Waals surface area contributed by atoms with Crippen molar-refractivity contribution in [2.75, 3.05) is 18.5 Å². The lowest BCUT2D eigenvalue weighted by atomic mass is 10.0. The molecule has 5 heteroatoms. The van der Waals surface area contributed by atoms with Gasteiger partial charge in [0.25, 0.3) is 5.95 Å². The van der Waals surface area contributed by atoms with Crippen molar-refractivity contribution >= 4 is 11.7 Å². The Morgan fingerprint density at radius 2 is 2.18 bits per heavy atom. The maximum Gasteiger partial charge on any atom is 0.265 e. The number of anilines is 1. The molecule has 0 bridgehead atoms. The minimum Gasteiger partial charge on any atom is -0.342 e. The topological polar surface area (TPSA) is 59.2 Å². The molecule has 94 valence electrons. The maximum atomic E-state index is 11.9. The van der Waals surface area contributed by atoms with Crippen LogP contribution in [0.5, 0.6) is 0 Å². The van der Waals surface area contributed by atoms with Crippen LogP contribution in [0, 0.1) is 5.92 Å². The van der Waals surface area contributed by atoms with E-state index in [9.17, 15) is 4.79 Å². The van der Waals surface area contributed by atoms with Gasteiger partial charge < -0.3 is 9.42 Å². The summed E-state index contributed by atoms with van der Waals surface area (Å²) < 4.78 is 5.09. The number of hydrogen-bond acceptors (Lipinski definition) is 5. The van der Waals surface area contributed by atoms with Crippen LogP contribution in [0.25, 0.3) is 0 Å². The highest BCUT2D eigenvalue weighted by Gasteiger charge is 2.24. The third-order valence-corrected chi connectivity index (χ3v) is 3.41. The smallest absolute Gasteiger partial charge is 0.265 e. The zero-order valence-corrected chi connectivity index (χ0v) is 10.5. The highest BCUT2D eigenvalue weighted by molar-refractivity contribution is 5.82. The molecule has 0 atom stereocenters. The molecular formula is C12H19N3O2. The van der Waals surface area contributed by atoms with Gasteiger partial charge in [-0.05, 0) is 24.9 Å². The Morgan fingerprint density at radius 1 is 1.47 bits per heavy atom. The quantitative estimate of drug-likeness (QED) is 0.782. The first-order chi connectivity index (χ1) is 8.20. The lowest BCUT2D eigenvalue weighted by Crippen LogP contribution is -2.17. The fourth-order valence-electron chi connectivity index (χ4n) is 2.16. The van der Waals surface area contributed by atoms with Crippen molar-refractivity contribution in [1.82, 2.24) is 10.1 Å². The van der Waals surface area contributed by atoms with E-state index >= 15 is 0 Å². The lowest BCUT2D eigenvalue weighted by Gasteiger charge is -2.08. The van der Waals surface area contributed by atoms with E-state index in [1.54, 1.807) is 0 Å². The Kier molecular flexibility index (Phi) is 3.76. The van der Waals surface area contributed by atoms with E-state index in [-0.39, 0.29) is 18.1 Å². The molecule has 1 aliphatic rings. The Morgan fingerprint density at radius 3 is 2.82 bits per heavy atom. The van der Waals surface area contributed by atoms with Crippen molar-refractivity contribution in [3.8, 4) is 0 Å². The van der Waals surface area contributed by atoms with Crippen molar-refractivity contribution in [3.63, 3.8) is 0 Å². The fourth-order valence-corrected chi connectivity index (χ4v) is 2.16. The molecule has 2 rings (SSSR count). The summed E-state index contributed by atoms with van der Waals surface area (Å²) >= 11 is 0. The monoisotopic (exact) mass is 237 g/mol. The van der Waals surface area contributed by atoms with Gasteiger partial charge in [-0.15, -0.1) is 0 Å². The van der Waals surface area contributed by atoms with E-state index in [2.05, 4.69) is 10.1 Å². The lowest BCUT2D eigenvalue weighted by molar-refractivity contribution is -0.122. The average Bonchev–Trinajstić information content (AvgIpc) is 2.98. The molecule has 1 aromatic rings. The van der Waals surface area contributed by atoms with E-state index in [1.807, 2.05) is 18.9 Å². The van der Waals surface area contributed by atoms with Crippen LogP contribution in [-0.4, -0.2) is 29.5 Å². The SMILES string of the molecule is CCN(C)c1noc(CC(=O)C2CCCC2)n1. The van der Waals surface area contributed by atoms with E-state index < -0.39 is 0 Å². The Bertz CT molecular complexity index is 383. The molecule has 1 aromatic heterocycles. The van der Waals surface area contributed by atoms with Gasteiger partial charge in [-0.1, -0.05) is 12.8 Å². The molecule has 1 heterocycles. The van der Waals surface area contributed by atoms with Crippen molar-refractivity contribution in [2.45, 2.75) is 39.0 Å². The molecule has 0 amide bonds. The number of carbonyl (C=O) groups is 1. The molecule has 1 aliphatic carbocycles. The zero-order chi connectivity index (χ0) is 12.3. The zero-order valence-electron chi connectivity index (χ0n) is 10.5. The molecule has 1 saturated carbocycles. The second-order valence-corrected chi connectivity index (χ2v) is 4.63. The van der Waals surface area contributed by atoms with Gasteiger partial charge in [0, 0.05) is 19.5 Å². The largest absolute Gasteiger partial charge is 0.342 e. The molecule has 1 fully saturated rings. The second-order valence-electron chi connectivity index (χ2n) is 4.63. The summed E-state index contributed by atoms with van der Waals surface area (Å²) in [5, 5.41) is 3.85. The minimum absolute atomic E-state index is 0.217. The van der Waals surface area contributed by atoms with Crippen LogP contribution in [0.3, 0.4) is 0 Å². The van der Waals surface area contributed by atoms with Crippen LogP contribution in [0.1, 0.15) is 38.5 Å². The third kappa shape index (κ3) is 2.84. The highest BCUT2D eigenvalue weighted by atomic mass is 16.5. The number of nitrogens with zero attached hydrogens (tertiary/aromatic N) is 3. The van der Waals surface area contributed by atoms with E-state index in [0.717, 1.165) is 19.4 Å². The summed E-state index contributed by atoms with van der Waals surface area (Å²) in [7, 11) is 1.90. The molecule has 5 nitrogen and oxygen atoms in total. The molecule has 0 radical (unpaired) electrons. The van der Waals surface area contributed by atoms with Crippen molar-refractivity contribution < 1.29 is 9.32 Å². The van der Waals surface area contributed by atoms with Crippen LogP contribution in [0.4, 0.5) is 5.95 Å². The van der Waals surface area contributed by atoms with E-state index in [0.29, 0.717) is 11.8 Å². The first-order valence-corrected chi connectivity index (χ1v) is 6.27. The molecule has 0 saturated heterocycles. The second kappa shape index (κ2) is 5.29. The summed E-state index contributed by atoms with van der Waals surface area (Å²) in [6, 6.07) is 0. The number of hydrogen-bond donors (Lipinski definition) is 0.